The van der Waals surface area contributed by atoms with Gasteiger partial charge in [-0.3, -0.25) is 0 Å². The summed E-state index contributed by atoms with van der Waals surface area (Å²) in [4.78, 5) is 15.8. The smallest absolute Gasteiger partial charge is 0.339 e. The van der Waals surface area contributed by atoms with Crippen LogP contribution in [-0.2, 0) is 17.6 Å². The van der Waals surface area contributed by atoms with E-state index in [9.17, 15) is 9.90 Å². The molecule has 0 atom stereocenters. The number of carboxylic acid groups (broad SMARTS) is 1. The number of aliphatic hydroxyl groups is 1. The number of carboxylic acids is 1. The molecule has 2 rings (SSSR count). The Morgan fingerprint density at radius 2 is 2.15 bits per heavy atom. The molecule has 1 heterocycles. The van der Waals surface area contributed by atoms with Crippen molar-refractivity contribution in [3.63, 3.8) is 0 Å². The van der Waals surface area contributed by atoms with E-state index in [4.69, 9.17) is 9.84 Å². The first-order valence-corrected chi connectivity index (χ1v) is 6.91. The molecule has 0 saturated heterocycles. The Morgan fingerprint density at radius 1 is 1.35 bits per heavy atom. The van der Waals surface area contributed by atoms with Gasteiger partial charge in [-0.05, 0) is 37.3 Å². The maximum Gasteiger partial charge on any atom is 0.339 e. The van der Waals surface area contributed by atoms with Crippen molar-refractivity contribution in [2.24, 2.45) is 0 Å². The number of anilines is 1. The molecule has 20 heavy (non-hydrogen) atoms. The largest absolute Gasteiger partial charge is 0.478 e. The second-order valence-corrected chi connectivity index (χ2v) is 4.77. The van der Waals surface area contributed by atoms with Crippen LogP contribution in [0.25, 0.3) is 0 Å². The lowest BCUT2D eigenvalue weighted by atomic mass is 9.95. The summed E-state index contributed by atoms with van der Waals surface area (Å²) in [5.41, 5.74) is 2.27. The Bertz CT molecular complexity index is 476. The normalized spacial score (nSPS) is 13.8. The maximum absolute atomic E-state index is 11.3. The SMILES string of the molecule is O=C(O)c1cc2c(nc1NCCOCCO)CCCC2. The van der Waals surface area contributed by atoms with Crippen molar-refractivity contribution in [3.05, 3.63) is 22.9 Å². The van der Waals surface area contributed by atoms with Gasteiger partial charge < -0.3 is 20.3 Å². The third-order valence-electron chi connectivity index (χ3n) is 3.31. The first kappa shape index (κ1) is 14.7. The second kappa shape index (κ2) is 7.21. The molecule has 1 aromatic heterocycles. The Labute approximate surface area is 117 Å². The summed E-state index contributed by atoms with van der Waals surface area (Å²) in [5, 5.41) is 20.9. The van der Waals surface area contributed by atoms with E-state index in [1.54, 1.807) is 6.07 Å². The van der Waals surface area contributed by atoms with Crippen LogP contribution in [0.5, 0.6) is 0 Å². The summed E-state index contributed by atoms with van der Waals surface area (Å²) in [6.45, 7) is 1.13. The molecule has 0 amide bonds. The van der Waals surface area contributed by atoms with Gasteiger partial charge in [0.25, 0.3) is 0 Å². The molecule has 1 aromatic rings. The number of hydrogen-bond donors (Lipinski definition) is 3. The Balaban J connectivity index is 2.07. The molecule has 0 aromatic carbocycles. The van der Waals surface area contributed by atoms with Crippen molar-refractivity contribution in [2.45, 2.75) is 25.7 Å². The molecule has 0 fully saturated rings. The number of aromatic nitrogens is 1. The van der Waals surface area contributed by atoms with Gasteiger partial charge >= 0.3 is 5.97 Å². The highest BCUT2D eigenvalue weighted by molar-refractivity contribution is 5.93. The molecule has 1 aliphatic carbocycles. The molecule has 3 N–H and O–H groups in total. The van der Waals surface area contributed by atoms with Crippen molar-refractivity contribution in [2.75, 3.05) is 31.7 Å². The standard InChI is InChI=1S/C14H20N2O4/c17-6-8-20-7-5-15-13-11(14(18)19)9-10-3-1-2-4-12(10)16-13/h9,17H,1-8H2,(H,15,16)(H,18,19). The van der Waals surface area contributed by atoms with Crippen molar-refractivity contribution < 1.29 is 19.7 Å². The fourth-order valence-electron chi connectivity index (χ4n) is 2.34. The van der Waals surface area contributed by atoms with E-state index < -0.39 is 5.97 Å². The molecule has 0 unspecified atom stereocenters. The quantitative estimate of drug-likeness (QED) is 0.647. The molecule has 0 saturated carbocycles. The van der Waals surface area contributed by atoms with E-state index in [1.165, 1.54) is 0 Å². The summed E-state index contributed by atoms with van der Waals surface area (Å²) in [7, 11) is 0. The van der Waals surface area contributed by atoms with Crippen molar-refractivity contribution in [1.82, 2.24) is 4.98 Å². The number of carbonyl (C=O) groups is 1. The Kier molecular flexibility index (Phi) is 5.31. The number of pyridine rings is 1. The molecule has 0 spiro atoms. The zero-order valence-electron chi connectivity index (χ0n) is 11.4. The first-order valence-electron chi connectivity index (χ1n) is 6.91. The average Bonchev–Trinajstić information content (AvgIpc) is 2.46. The minimum Gasteiger partial charge on any atom is -0.478 e. The topological polar surface area (TPSA) is 91.7 Å². The van der Waals surface area contributed by atoms with Crippen LogP contribution in [0.3, 0.4) is 0 Å². The third-order valence-corrected chi connectivity index (χ3v) is 3.31. The highest BCUT2D eigenvalue weighted by Crippen LogP contribution is 2.24. The number of nitrogens with one attached hydrogen (secondary N) is 1. The van der Waals surface area contributed by atoms with E-state index in [-0.39, 0.29) is 18.8 Å². The van der Waals surface area contributed by atoms with E-state index in [2.05, 4.69) is 10.3 Å². The molecular weight excluding hydrogens is 260 g/mol. The Hall–Kier alpha value is -1.66. The van der Waals surface area contributed by atoms with Gasteiger partial charge in [0, 0.05) is 12.2 Å². The van der Waals surface area contributed by atoms with Gasteiger partial charge in [-0.1, -0.05) is 0 Å². The predicted octanol–water partition coefficient (Wildman–Crippen LogP) is 1.08. The lowest BCUT2D eigenvalue weighted by molar-refractivity contribution is 0.0697. The van der Waals surface area contributed by atoms with E-state index in [1.807, 2.05) is 0 Å². The highest BCUT2D eigenvalue weighted by atomic mass is 16.5. The number of ether oxygens (including phenoxy) is 1. The molecule has 0 aliphatic heterocycles. The van der Waals surface area contributed by atoms with E-state index in [0.29, 0.717) is 19.0 Å². The molecule has 0 bridgehead atoms. The Morgan fingerprint density at radius 3 is 2.90 bits per heavy atom. The van der Waals surface area contributed by atoms with Crippen LogP contribution in [0.4, 0.5) is 5.82 Å². The average molecular weight is 280 g/mol. The van der Waals surface area contributed by atoms with Crippen LogP contribution in [0.1, 0.15) is 34.5 Å². The van der Waals surface area contributed by atoms with E-state index >= 15 is 0 Å². The molecular formula is C14H20N2O4. The minimum absolute atomic E-state index is 0.0164. The summed E-state index contributed by atoms with van der Waals surface area (Å²) < 4.78 is 5.13. The van der Waals surface area contributed by atoms with Crippen LogP contribution < -0.4 is 5.32 Å². The lowest BCUT2D eigenvalue weighted by Crippen LogP contribution is -2.17. The molecule has 0 radical (unpaired) electrons. The van der Waals surface area contributed by atoms with Gasteiger partial charge in [0.1, 0.15) is 11.4 Å². The first-order chi connectivity index (χ1) is 9.72. The van der Waals surface area contributed by atoms with Crippen LogP contribution in [-0.4, -0.2) is 47.5 Å². The zero-order valence-corrected chi connectivity index (χ0v) is 11.4. The van der Waals surface area contributed by atoms with Gasteiger partial charge in [0.15, 0.2) is 0 Å². The fraction of sp³-hybridized carbons (Fsp3) is 0.571. The number of hydrogen-bond acceptors (Lipinski definition) is 5. The number of aromatic carboxylic acids is 1. The van der Waals surface area contributed by atoms with Crippen LogP contribution >= 0.6 is 0 Å². The lowest BCUT2D eigenvalue weighted by Gasteiger charge is -2.18. The maximum atomic E-state index is 11.3. The van der Waals surface area contributed by atoms with Crippen molar-refractivity contribution >= 4 is 11.8 Å². The van der Waals surface area contributed by atoms with E-state index in [0.717, 1.165) is 36.9 Å². The molecule has 110 valence electrons. The molecule has 6 nitrogen and oxygen atoms in total. The van der Waals surface area contributed by atoms with Crippen LogP contribution in [0.2, 0.25) is 0 Å². The molecule has 6 heteroatoms. The van der Waals surface area contributed by atoms with Crippen molar-refractivity contribution in [1.29, 1.82) is 0 Å². The number of aryl methyl sites for hydroxylation is 2. The minimum atomic E-state index is -0.968. The van der Waals surface area contributed by atoms with Crippen LogP contribution in [0, 0.1) is 0 Å². The van der Waals surface area contributed by atoms with Gasteiger partial charge in [0.05, 0.1) is 19.8 Å². The zero-order chi connectivity index (χ0) is 14.4. The summed E-state index contributed by atoms with van der Waals surface area (Å²) in [6, 6.07) is 1.74. The number of nitrogens with zero attached hydrogens (tertiary/aromatic N) is 1. The summed E-state index contributed by atoms with van der Waals surface area (Å²) in [6.07, 6.45) is 4.01. The van der Waals surface area contributed by atoms with Gasteiger partial charge in [-0.25, -0.2) is 9.78 Å². The highest BCUT2D eigenvalue weighted by Gasteiger charge is 2.18. The van der Waals surface area contributed by atoms with Crippen molar-refractivity contribution in [3.8, 4) is 0 Å². The number of rotatable bonds is 7. The van der Waals surface area contributed by atoms with Crippen LogP contribution in [0.15, 0.2) is 6.07 Å². The second-order valence-electron chi connectivity index (χ2n) is 4.77. The monoisotopic (exact) mass is 280 g/mol. The predicted molar refractivity (Wildman–Crippen MR) is 74.2 cm³/mol. The molecule has 1 aliphatic rings. The summed E-state index contributed by atoms with van der Waals surface area (Å²) in [5.74, 6) is -0.560. The summed E-state index contributed by atoms with van der Waals surface area (Å²) >= 11 is 0. The van der Waals surface area contributed by atoms with Gasteiger partial charge in [0.2, 0.25) is 0 Å². The number of fused-ring (bicyclic) bond motifs is 1. The number of aliphatic hydroxyl groups excluding tert-OH is 1. The van der Waals surface area contributed by atoms with Gasteiger partial charge in [-0.15, -0.1) is 0 Å². The third kappa shape index (κ3) is 3.68. The fourth-order valence-corrected chi connectivity index (χ4v) is 2.34. The van der Waals surface area contributed by atoms with Gasteiger partial charge in [-0.2, -0.15) is 0 Å².